The van der Waals surface area contributed by atoms with Gasteiger partial charge in [-0.05, 0) is 28.1 Å². The smallest absolute Gasteiger partial charge is 0.337 e. The molecule has 0 fully saturated rings. The fourth-order valence-corrected chi connectivity index (χ4v) is 2.76. The minimum absolute atomic E-state index is 0.375. The van der Waals surface area contributed by atoms with Crippen LogP contribution in [-0.4, -0.2) is 29.7 Å². The van der Waals surface area contributed by atoms with Crippen LogP contribution in [0.2, 0.25) is 0 Å². The normalized spacial score (nSPS) is 12.5. The SMILES string of the molecule is COC(=O)c1ccnc(CNc2ncc(Br)c3c2CCO3)c1. The molecular formula is C15H14BrN3O3. The van der Waals surface area contributed by atoms with Gasteiger partial charge in [0.15, 0.2) is 0 Å². The fourth-order valence-electron chi connectivity index (χ4n) is 2.30. The molecule has 0 saturated heterocycles. The summed E-state index contributed by atoms with van der Waals surface area (Å²) in [6.45, 7) is 1.12. The van der Waals surface area contributed by atoms with Gasteiger partial charge in [0.1, 0.15) is 11.6 Å². The molecule has 0 atom stereocenters. The van der Waals surface area contributed by atoms with E-state index in [9.17, 15) is 4.79 Å². The molecule has 3 heterocycles. The van der Waals surface area contributed by atoms with Crippen LogP contribution in [0.4, 0.5) is 5.82 Å². The number of fused-ring (bicyclic) bond motifs is 1. The molecule has 6 nitrogen and oxygen atoms in total. The lowest BCUT2D eigenvalue weighted by molar-refractivity contribution is 0.0600. The highest BCUT2D eigenvalue weighted by molar-refractivity contribution is 9.10. The van der Waals surface area contributed by atoms with Crippen LogP contribution in [0, 0.1) is 0 Å². The van der Waals surface area contributed by atoms with E-state index in [2.05, 4.69) is 31.2 Å². The zero-order valence-electron chi connectivity index (χ0n) is 11.9. The van der Waals surface area contributed by atoms with Gasteiger partial charge in [-0.25, -0.2) is 9.78 Å². The average molecular weight is 364 g/mol. The number of methoxy groups -OCH3 is 1. The largest absolute Gasteiger partial charge is 0.492 e. The predicted octanol–water partition coefficient (Wildman–Crippen LogP) is 2.57. The van der Waals surface area contributed by atoms with Crippen LogP contribution in [-0.2, 0) is 17.7 Å². The summed E-state index contributed by atoms with van der Waals surface area (Å²) in [6.07, 6.45) is 4.12. The topological polar surface area (TPSA) is 73.3 Å². The van der Waals surface area contributed by atoms with Crippen molar-refractivity contribution in [1.29, 1.82) is 0 Å². The van der Waals surface area contributed by atoms with Crippen LogP contribution in [0.15, 0.2) is 29.0 Å². The standard InChI is InChI=1S/C15H14BrN3O3/c1-21-15(20)9-2-4-17-10(6-9)7-18-14-11-3-5-22-13(11)12(16)8-19-14/h2,4,6,8H,3,5,7H2,1H3,(H,18,19). The summed E-state index contributed by atoms with van der Waals surface area (Å²) in [5, 5.41) is 3.25. The fraction of sp³-hybridized carbons (Fsp3) is 0.267. The van der Waals surface area contributed by atoms with E-state index in [1.54, 1.807) is 24.5 Å². The van der Waals surface area contributed by atoms with Crippen LogP contribution in [0.5, 0.6) is 5.75 Å². The van der Waals surface area contributed by atoms with Crippen LogP contribution in [0.25, 0.3) is 0 Å². The molecule has 0 saturated carbocycles. The van der Waals surface area contributed by atoms with Gasteiger partial charge in [-0.15, -0.1) is 0 Å². The minimum atomic E-state index is -0.375. The zero-order chi connectivity index (χ0) is 15.5. The van der Waals surface area contributed by atoms with Crippen LogP contribution in [0.1, 0.15) is 21.6 Å². The quantitative estimate of drug-likeness (QED) is 0.841. The van der Waals surface area contributed by atoms with Crippen LogP contribution in [0.3, 0.4) is 0 Å². The minimum Gasteiger partial charge on any atom is -0.492 e. The van der Waals surface area contributed by atoms with Crippen molar-refractivity contribution < 1.29 is 14.3 Å². The molecule has 1 aliphatic rings. The predicted molar refractivity (Wildman–Crippen MR) is 84.0 cm³/mol. The molecular weight excluding hydrogens is 350 g/mol. The highest BCUT2D eigenvalue weighted by atomic mass is 79.9. The first-order valence-electron chi connectivity index (χ1n) is 6.76. The third kappa shape index (κ3) is 2.89. The number of ether oxygens (including phenoxy) is 2. The molecule has 22 heavy (non-hydrogen) atoms. The number of esters is 1. The Morgan fingerprint density at radius 2 is 2.36 bits per heavy atom. The van der Waals surface area contributed by atoms with E-state index in [0.29, 0.717) is 18.7 Å². The molecule has 114 valence electrons. The lowest BCUT2D eigenvalue weighted by Gasteiger charge is -2.10. The summed E-state index contributed by atoms with van der Waals surface area (Å²) in [4.78, 5) is 20.2. The number of hydrogen-bond acceptors (Lipinski definition) is 6. The molecule has 0 radical (unpaired) electrons. The summed E-state index contributed by atoms with van der Waals surface area (Å²) in [6, 6.07) is 3.33. The van der Waals surface area contributed by atoms with E-state index in [1.165, 1.54) is 7.11 Å². The van der Waals surface area contributed by atoms with E-state index in [0.717, 1.165) is 33.7 Å². The number of anilines is 1. The number of carbonyl (C=O) groups excluding carboxylic acids is 1. The number of pyridine rings is 2. The molecule has 0 aromatic carbocycles. The number of aromatic nitrogens is 2. The molecule has 0 aliphatic carbocycles. The van der Waals surface area contributed by atoms with Crippen molar-refractivity contribution in [3.05, 3.63) is 45.8 Å². The molecule has 0 amide bonds. The molecule has 2 aromatic heterocycles. The first-order chi connectivity index (χ1) is 10.7. The maximum Gasteiger partial charge on any atom is 0.337 e. The summed E-state index contributed by atoms with van der Waals surface area (Å²) in [7, 11) is 1.36. The Morgan fingerprint density at radius 3 is 3.18 bits per heavy atom. The third-order valence-electron chi connectivity index (χ3n) is 3.36. The zero-order valence-corrected chi connectivity index (χ0v) is 13.5. The van der Waals surface area contributed by atoms with Gasteiger partial charge in [0, 0.05) is 24.4 Å². The monoisotopic (exact) mass is 363 g/mol. The van der Waals surface area contributed by atoms with Gasteiger partial charge in [0.05, 0.1) is 36.0 Å². The Hall–Kier alpha value is -2.15. The molecule has 0 bridgehead atoms. The lowest BCUT2D eigenvalue weighted by atomic mass is 10.2. The average Bonchev–Trinajstić information content (AvgIpc) is 3.04. The van der Waals surface area contributed by atoms with E-state index in [-0.39, 0.29) is 5.97 Å². The van der Waals surface area contributed by atoms with Crippen molar-refractivity contribution in [1.82, 2.24) is 9.97 Å². The van der Waals surface area contributed by atoms with Crippen LogP contribution >= 0.6 is 15.9 Å². The third-order valence-corrected chi connectivity index (χ3v) is 3.92. The maximum absolute atomic E-state index is 11.5. The number of nitrogens with zero attached hydrogens (tertiary/aromatic N) is 2. The molecule has 1 aliphatic heterocycles. The summed E-state index contributed by atoms with van der Waals surface area (Å²) in [5.74, 6) is 1.24. The molecule has 7 heteroatoms. The van der Waals surface area contributed by atoms with E-state index < -0.39 is 0 Å². The Balaban J connectivity index is 1.76. The molecule has 0 spiro atoms. The second-order valence-corrected chi connectivity index (χ2v) is 5.60. The lowest BCUT2D eigenvalue weighted by Crippen LogP contribution is -2.08. The van der Waals surface area contributed by atoms with Gasteiger partial charge < -0.3 is 14.8 Å². The van der Waals surface area contributed by atoms with Gasteiger partial charge in [0.25, 0.3) is 0 Å². The van der Waals surface area contributed by atoms with Crippen molar-refractivity contribution in [2.24, 2.45) is 0 Å². The molecule has 0 unspecified atom stereocenters. The van der Waals surface area contributed by atoms with Crippen molar-refractivity contribution in [2.45, 2.75) is 13.0 Å². The molecule has 1 N–H and O–H groups in total. The van der Waals surface area contributed by atoms with Gasteiger partial charge in [0.2, 0.25) is 0 Å². The highest BCUT2D eigenvalue weighted by Gasteiger charge is 2.20. The van der Waals surface area contributed by atoms with Crippen molar-refractivity contribution in [3.8, 4) is 5.75 Å². The second kappa shape index (κ2) is 6.31. The summed E-state index contributed by atoms with van der Waals surface area (Å²) in [5.41, 5.74) is 2.27. The Morgan fingerprint density at radius 1 is 1.50 bits per heavy atom. The number of nitrogens with one attached hydrogen (secondary N) is 1. The van der Waals surface area contributed by atoms with Crippen molar-refractivity contribution >= 4 is 27.7 Å². The van der Waals surface area contributed by atoms with E-state index >= 15 is 0 Å². The van der Waals surface area contributed by atoms with Gasteiger partial charge >= 0.3 is 5.97 Å². The number of carbonyl (C=O) groups is 1. The summed E-state index contributed by atoms with van der Waals surface area (Å²) < 4.78 is 11.1. The van der Waals surface area contributed by atoms with Gasteiger partial charge in [-0.1, -0.05) is 0 Å². The Kier molecular flexibility index (Phi) is 4.24. The number of rotatable bonds is 4. The second-order valence-electron chi connectivity index (χ2n) is 4.74. The molecule has 2 aromatic rings. The highest BCUT2D eigenvalue weighted by Crippen LogP contribution is 2.36. The van der Waals surface area contributed by atoms with Crippen LogP contribution < -0.4 is 10.1 Å². The van der Waals surface area contributed by atoms with Crippen molar-refractivity contribution in [2.75, 3.05) is 19.0 Å². The van der Waals surface area contributed by atoms with E-state index in [1.807, 2.05) is 0 Å². The summed E-state index contributed by atoms with van der Waals surface area (Å²) >= 11 is 3.43. The van der Waals surface area contributed by atoms with E-state index in [4.69, 9.17) is 9.47 Å². The number of hydrogen-bond donors (Lipinski definition) is 1. The maximum atomic E-state index is 11.5. The first kappa shape index (κ1) is 14.8. The van der Waals surface area contributed by atoms with Gasteiger partial charge in [-0.3, -0.25) is 4.98 Å². The first-order valence-corrected chi connectivity index (χ1v) is 7.55. The Labute approximate surface area is 136 Å². The van der Waals surface area contributed by atoms with Gasteiger partial charge in [-0.2, -0.15) is 0 Å². The molecule has 3 rings (SSSR count). The number of halogens is 1. The Bertz CT molecular complexity index is 721. The van der Waals surface area contributed by atoms with Crippen molar-refractivity contribution in [3.63, 3.8) is 0 Å².